The van der Waals surface area contributed by atoms with E-state index < -0.39 is 0 Å². The smallest absolute Gasteiger partial charge is 0.122 e. The fraction of sp³-hybridized carbons (Fsp3) is 0.571. The van der Waals surface area contributed by atoms with Crippen molar-refractivity contribution in [3.63, 3.8) is 0 Å². The summed E-state index contributed by atoms with van der Waals surface area (Å²) in [4.78, 5) is 0. The molecule has 1 saturated carbocycles. The molecule has 2 N–H and O–H groups in total. The molecule has 2 rings (SSSR count). The first-order valence-electron chi connectivity index (χ1n) is 6.14. The fourth-order valence-corrected chi connectivity index (χ4v) is 1.93. The molecule has 1 fully saturated rings. The number of hydrogen-bond donors (Lipinski definition) is 1. The lowest BCUT2D eigenvalue weighted by Crippen LogP contribution is -2.06. The summed E-state index contributed by atoms with van der Waals surface area (Å²) in [6, 6.07) is 4.24. The molecule has 0 saturated heterocycles. The Morgan fingerprint density at radius 3 is 2.62 bits per heavy atom. The highest BCUT2D eigenvalue weighted by molar-refractivity contribution is 5.43. The third-order valence-electron chi connectivity index (χ3n) is 3.43. The minimum atomic E-state index is 0.711. The van der Waals surface area contributed by atoms with Crippen LogP contribution in [0.4, 0.5) is 0 Å². The van der Waals surface area contributed by atoms with Gasteiger partial charge < -0.3 is 10.5 Å². The Kier molecular flexibility index (Phi) is 3.49. The number of rotatable bonds is 5. The van der Waals surface area contributed by atoms with Crippen molar-refractivity contribution in [2.45, 2.75) is 33.1 Å². The molecule has 0 heterocycles. The van der Waals surface area contributed by atoms with Gasteiger partial charge in [0, 0.05) is 0 Å². The predicted octanol–water partition coefficient (Wildman–Crippen LogP) is 2.59. The van der Waals surface area contributed by atoms with E-state index in [1.165, 1.54) is 29.5 Å². The van der Waals surface area contributed by atoms with Crippen molar-refractivity contribution < 1.29 is 4.74 Å². The minimum absolute atomic E-state index is 0.711. The molecule has 88 valence electrons. The molecule has 2 heteroatoms. The van der Waals surface area contributed by atoms with Crippen LogP contribution < -0.4 is 10.5 Å². The lowest BCUT2D eigenvalue weighted by atomic mass is 10.00. The van der Waals surface area contributed by atoms with Crippen LogP contribution in [0, 0.1) is 19.8 Å². The fourth-order valence-electron chi connectivity index (χ4n) is 1.93. The number of nitrogens with two attached hydrogens (primary N) is 1. The van der Waals surface area contributed by atoms with Gasteiger partial charge in [-0.2, -0.15) is 0 Å². The molecule has 1 aromatic rings. The van der Waals surface area contributed by atoms with Crippen molar-refractivity contribution in [3.05, 3.63) is 28.8 Å². The topological polar surface area (TPSA) is 35.2 Å². The van der Waals surface area contributed by atoms with Gasteiger partial charge in [0.1, 0.15) is 5.75 Å². The minimum Gasteiger partial charge on any atom is -0.493 e. The van der Waals surface area contributed by atoms with Gasteiger partial charge in [0.2, 0.25) is 0 Å². The van der Waals surface area contributed by atoms with Gasteiger partial charge in [-0.25, -0.2) is 0 Å². The molecule has 0 amide bonds. The third kappa shape index (κ3) is 2.56. The predicted molar refractivity (Wildman–Crippen MR) is 66.9 cm³/mol. The van der Waals surface area contributed by atoms with Crippen LogP contribution in [0.2, 0.25) is 0 Å². The highest BCUT2D eigenvalue weighted by Gasteiger charge is 2.22. The molecular weight excluding hydrogens is 198 g/mol. The Balaban J connectivity index is 2.09. The van der Waals surface area contributed by atoms with Crippen LogP contribution in [0.15, 0.2) is 12.1 Å². The van der Waals surface area contributed by atoms with E-state index in [0.717, 1.165) is 24.7 Å². The molecule has 0 bridgehead atoms. The molecule has 16 heavy (non-hydrogen) atoms. The van der Waals surface area contributed by atoms with E-state index in [1.807, 2.05) is 0 Å². The van der Waals surface area contributed by atoms with E-state index in [4.69, 9.17) is 10.5 Å². The molecule has 0 aliphatic heterocycles. The van der Waals surface area contributed by atoms with Gasteiger partial charge in [-0.15, -0.1) is 0 Å². The van der Waals surface area contributed by atoms with Crippen LogP contribution in [-0.2, 0) is 6.42 Å². The van der Waals surface area contributed by atoms with Crippen molar-refractivity contribution in [1.29, 1.82) is 0 Å². The van der Waals surface area contributed by atoms with Crippen molar-refractivity contribution in [3.8, 4) is 5.75 Å². The van der Waals surface area contributed by atoms with Gasteiger partial charge in [-0.1, -0.05) is 6.07 Å². The molecule has 1 aromatic carbocycles. The van der Waals surface area contributed by atoms with Gasteiger partial charge >= 0.3 is 0 Å². The Morgan fingerprint density at radius 2 is 2.00 bits per heavy atom. The summed E-state index contributed by atoms with van der Waals surface area (Å²) in [5, 5.41) is 0. The number of ether oxygens (including phenoxy) is 1. The van der Waals surface area contributed by atoms with Gasteiger partial charge in [0.15, 0.2) is 0 Å². The largest absolute Gasteiger partial charge is 0.493 e. The first-order chi connectivity index (χ1) is 7.72. The van der Waals surface area contributed by atoms with E-state index in [2.05, 4.69) is 26.0 Å². The van der Waals surface area contributed by atoms with Gasteiger partial charge in [0.25, 0.3) is 0 Å². The maximum absolute atomic E-state index is 5.84. The molecule has 0 unspecified atom stereocenters. The summed E-state index contributed by atoms with van der Waals surface area (Å²) in [6.45, 7) is 5.89. The highest BCUT2D eigenvalue weighted by atomic mass is 16.5. The molecule has 2 nitrogen and oxygen atoms in total. The Hall–Kier alpha value is -1.02. The van der Waals surface area contributed by atoms with Crippen LogP contribution in [0.5, 0.6) is 5.75 Å². The van der Waals surface area contributed by atoms with Crippen LogP contribution >= 0.6 is 0 Å². The molecule has 0 aromatic heterocycles. The van der Waals surface area contributed by atoms with E-state index in [9.17, 15) is 0 Å². The normalized spacial score (nSPS) is 15.2. The Labute approximate surface area is 97.8 Å². The monoisotopic (exact) mass is 219 g/mol. The van der Waals surface area contributed by atoms with Crippen LogP contribution in [0.3, 0.4) is 0 Å². The van der Waals surface area contributed by atoms with Gasteiger partial charge in [0.05, 0.1) is 6.61 Å². The van der Waals surface area contributed by atoms with Crippen molar-refractivity contribution in [2.24, 2.45) is 11.7 Å². The van der Waals surface area contributed by atoms with Gasteiger partial charge in [-0.05, 0) is 68.3 Å². The average Bonchev–Trinajstić information content (AvgIpc) is 3.08. The van der Waals surface area contributed by atoms with Crippen LogP contribution in [0.1, 0.15) is 29.5 Å². The lowest BCUT2D eigenvalue weighted by Gasteiger charge is -2.14. The zero-order valence-electron chi connectivity index (χ0n) is 10.3. The third-order valence-corrected chi connectivity index (χ3v) is 3.43. The average molecular weight is 219 g/mol. The zero-order valence-corrected chi connectivity index (χ0v) is 10.3. The lowest BCUT2D eigenvalue weighted by molar-refractivity contribution is 0.297. The van der Waals surface area contributed by atoms with E-state index in [0.29, 0.717) is 6.54 Å². The van der Waals surface area contributed by atoms with Crippen molar-refractivity contribution in [1.82, 2.24) is 0 Å². The Bertz CT molecular complexity index is 369. The second kappa shape index (κ2) is 4.88. The second-order valence-corrected chi connectivity index (χ2v) is 4.77. The van der Waals surface area contributed by atoms with E-state index in [1.54, 1.807) is 0 Å². The van der Waals surface area contributed by atoms with Crippen molar-refractivity contribution in [2.75, 3.05) is 13.2 Å². The first kappa shape index (κ1) is 11.5. The van der Waals surface area contributed by atoms with Crippen LogP contribution in [-0.4, -0.2) is 13.2 Å². The van der Waals surface area contributed by atoms with E-state index >= 15 is 0 Å². The number of hydrogen-bond acceptors (Lipinski definition) is 2. The summed E-state index contributed by atoms with van der Waals surface area (Å²) in [6.07, 6.45) is 3.63. The molecule has 0 spiro atoms. The molecule has 0 radical (unpaired) electrons. The standard InChI is InChI=1S/C14H21NO/c1-10-11(2)14(16-9-12-3-4-12)6-5-13(10)7-8-15/h5-6,12H,3-4,7-9,15H2,1-2H3. The highest BCUT2D eigenvalue weighted by Crippen LogP contribution is 2.31. The quantitative estimate of drug-likeness (QED) is 0.826. The summed E-state index contributed by atoms with van der Waals surface area (Å²) in [5.74, 6) is 1.86. The molecule has 1 aliphatic carbocycles. The van der Waals surface area contributed by atoms with E-state index in [-0.39, 0.29) is 0 Å². The summed E-state index contributed by atoms with van der Waals surface area (Å²) in [7, 11) is 0. The summed E-state index contributed by atoms with van der Waals surface area (Å²) in [5.41, 5.74) is 9.54. The van der Waals surface area contributed by atoms with Gasteiger partial charge in [-0.3, -0.25) is 0 Å². The summed E-state index contributed by atoms with van der Waals surface area (Å²) < 4.78 is 5.84. The second-order valence-electron chi connectivity index (χ2n) is 4.77. The number of benzene rings is 1. The van der Waals surface area contributed by atoms with Crippen LogP contribution in [0.25, 0.3) is 0 Å². The SMILES string of the molecule is Cc1c(CCN)ccc(OCC2CC2)c1C. The molecular formula is C14H21NO. The molecule has 1 aliphatic rings. The first-order valence-corrected chi connectivity index (χ1v) is 6.14. The summed E-state index contributed by atoms with van der Waals surface area (Å²) >= 11 is 0. The van der Waals surface area contributed by atoms with Crippen molar-refractivity contribution >= 4 is 0 Å². The molecule has 0 atom stereocenters. The zero-order chi connectivity index (χ0) is 11.5. The maximum atomic E-state index is 5.84. The Morgan fingerprint density at radius 1 is 1.25 bits per heavy atom. The maximum Gasteiger partial charge on any atom is 0.122 e.